The molecule has 5 N–H and O–H groups in total. The van der Waals surface area contributed by atoms with E-state index >= 15 is 0 Å². The highest BCUT2D eigenvalue weighted by molar-refractivity contribution is 7.90. The van der Waals surface area contributed by atoms with E-state index in [4.69, 9.17) is 30.1 Å². The number of hydrogen-bond acceptors (Lipinski definition) is 7. The van der Waals surface area contributed by atoms with Crippen molar-refractivity contribution in [3.05, 3.63) is 78.1 Å². The van der Waals surface area contributed by atoms with Gasteiger partial charge in [0.05, 0.1) is 11.3 Å². The largest absolute Gasteiger partial charge is 0.369 e. The topological polar surface area (TPSA) is 224 Å². The monoisotopic (exact) mass is 607 g/mol. The lowest BCUT2D eigenvalue weighted by molar-refractivity contribution is -2.00. The maximum Gasteiger partial charge on any atom is 0.285 e. The molecule has 0 atom stereocenters. The standard InChI is InChI=1S/C27H33N5O3S.ClHO4/c1-18(2)24-16-21(20-8-6-5-7-9-20)17-25(19(3)4)32(24)15-14-26(33)30-22-10-12-23(13-11-22)36(34,35)31-27(28)29;2-1(3,4)5/h5-13,16-19H,14-15H2,1-4H3,(H4-,28,29,30,31,33);(H,2,3,4,5). The van der Waals surface area contributed by atoms with Gasteiger partial charge < -0.3 is 16.8 Å². The van der Waals surface area contributed by atoms with Crippen molar-refractivity contribution in [1.29, 1.82) is 0 Å². The smallest absolute Gasteiger partial charge is 0.285 e. The van der Waals surface area contributed by atoms with Crippen LogP contribution in [0.2, 0.25) is 0 Å². The number of carbonyl (C=O) groups excluding carboxylic acids is 1. The molecule has 2 aromatic carbocycles. The Morgan fingerprint density at radius 2 is 1.37 bits per heavy atom. The third-order valence-electron chi connectivity index (χ3n) is 5.74. The Labute approximate surface area is 241 Å². The molecule has 14 heteroatoms. The van der Waals surface area contributed by atoms with E-state index in [-0.39, 0.29) is 29.1 Å². The quantitative estimate of drug-likeness (QED) is 0.156. The summed E-state index contributed by atoms with van der Waals surface area (Å²) in [6.45, 7) is 9.15. The van der Waals surface area contributed by atoms with Crippen molar-refractivity contribution in [2.45, 2.75) is 57.4 Å². The predicted octanol–water partition coefficient (Wildman–Crippen LogP) is -0.877. The summed E-state index contributed by atoms with van der Waals surface area (Å²) >= 11 is 0. The maximum atomic E-state index is 12.8. The van der Waals surface area contributed by atoms with Gasteiger partial charge in [0, 0.05) is 29.7 Å². The van der Waals surface area contributed by atoms with Gasteiger partial charge in [0.2, 0.25) is 11.9 Å². The fourth-order valence-corrected chi connectivity index (χ4v) is 4.88. The van der Waals surface area contributed by atoms with Crippen LogP contribution in [0.15, 0.2) is 76.0 Å². The first-order valence-electron chi connectivity index (χ1n) is 12.5. The van der Waals surface area contributed by atoms with Crippen LogP contribution in [0.3, 0.4) is 0 Å². The normalized spacial score (nSPS) is 11.6. The molecule has 0 radical (unpaired) electrons. The molecule has 0 saturated carbocycles. The highest BCUT2D eigenvalue weighted by Crippen LogP contribution is 2.26. The summed E-state index contributed by atoms with van der Waals surface area (Å²) in [5.74, 6) is -0.162. The number of nitrogens with one attached hydrogen (secondary N) is 1. The van der Waals surface area contributed by atoms with Crippen LogP contribution in [0.25, 0.3) is 11.1 Å². The van der Waals surface area contributed by atoms with E-state index in [0.29, 0.717) is 12.2 Å². The van der Waals surface area contributed by atoms with Crippen molar-refractivity contribution >= 4 is 27.6 Å². The SMILES string of the molecule is CC(C)c1cc(-c2ccccc2)cc(C(C)C)[n+]1CCC(=O)Nc1ccc(S(=O)(=O)N=C(N)N)cc1.[O-][Cl+3]([O-])([O-])[O-]. The van der Waals surface area contributed by atoms with E-state index in [1.54, 1.807) is 0 Å². The molecule has 41 heavy (non-hydrogen) atoms. The molecule has 0 fully saturated rings. The summed E-state index contributed by atoms with van der Waals surface area (Å²) in [6, 6.07) is 20.4. The van der Waals surface area contributed by atoms with E-state index in [2.05, 4.69) is 66.2 Å². The molecule has 3 rings (SSSR count). The lowest BCUT2D eigenvalue weighted by Gasteiger charge is -2.17. The average molecular weight is 608 g/mol. The second-order valence-electron chi connectivity index (χ2n) is 9.61. The van der Waals surface area contributed by atoms with Crippen molar-refractivity contribution in [1.82, 2.24) is 0 Å². The average Bonchev–Trinajstić information content (AvgIpc) is 2.86. The molecule has 0 unspecified atom stereocenters. The number of guanidine groups is 1. The van der Waals surface area contributed by atoms with E-state index in [1.165, 1.54) is 41.2 Å². The molecule has 0 aliphatic heterocycles. The number of halogens is 1. The number of sulfonamides is 1. The Balaban J connectivity index is 0.00000108. The van der Waals surface area contributed by atoms with E-state index in [0.717, 1.165) is 5.56 Å². The zero-order valence-electron chi connectivity index (χ0n) is 23.1. The first kappa shape index (κ1) is 33.6. The van der Waals surface area contributed by atoms with E-state index in [1.807, 2.05) is 18.2 Å². The molecule has 12 nitrogen and oxygen atoms in total. The Hall–Kier alpha value is -3.59. The molecule has 0 bridgehead atoms. The summed E-state index contributed by atoms with van der Waals surface area (Å²) in [7, 11) is -8.92. The van der Waals surface area contributed by atoms with Crippen LogP contribution in [0, 0.1) is 10.2 Å². The minimum Gasteiger partial charge on any atom is -0.369 e. The van der Waals surface area contributed by atoms with E-state index in [9.17, 15) is 13.2 Å². The van der Waals surface area contributed by atoms with Crippen LogP contribution in [0.5, 0.6) is 0 Å². The molecule has 3 aromatic rings. The van der Waals surface area contributed by atoms with Gasteiger partial charge in [-0.05, 0) is 35.4 Å². The van der Waals surface area contributed by atoms with Crippen LogP contribution in [0.1, 0.15) is 57.3 Å². The molecule has 0 saturated heterocycles. The van der Waals surface area contributed by atoms with Crippen molar-refractivity contribution < 1.29 is 46.7 Å². The van der Waals surface area contributed by atoms with Gasteiger partial charge in [-0.15, -0.1) is 14.6 Å². The van der Waals surface area contributed by atoms with Crippen LogP contribution in [-0.4, -0.2) is 20.3 Å². The molecule has 1 heterocycles. The summed E-state index contributed by atoms with van der Waals surface area (Å²) in [6.07, 6.45) is 0.267. The molecule has 222 valence electrons. The third kappa shape index (κ3) is 11.1. The van der Waals surface area contributed by atoms with Crippen LogP contribution in [-0.2, 0) is 21.4 Å². The zero-order chi connectivity index (χ0) is 31.0. The summed E-state index contributed by atoms with van der Waals surface area (Å²) in [4.78, 5) is 12.7. The van der Waals surface area contributed by atoms with Crippen molar-refractivity contribution in [3.8, 4) is 11.1 Å². The van der Waals surface area contributed by atoms with Crippen molar-refractivity contribution in [3.63, 3.8) is 0 Å². The predicted molar refractivity (Wildman–Crippen MR) is 143 cm³/mol. The van der Waals surface area contributed by atoms with Gasteiger partial charge in [0.15, 0.2) is 17.9 Å². The Kier molecular flexibility index (Phi) is 11.8. The van der Waals surface area contributed by atoms with Gasteiger partial charge in [-0.1, -0.05) is 58.0 Å². The number of pyridine rings is 1. The van der Waals surface area contributed by atoms with Gasteiger partial charge in [-0.2, -0.15) is 13.0 Å². The third-order valence-corrected chi connectivity index (χ3v) is 7.06. The highest BCUT2D eigenvalue weighted by atomic mass is 35.7. The van der Waals surface area contributed by atoms with Crippen molar-refractivity contribution in [2.75, 3.05) is 5.32 Å². The molecular weight excluding hydrogens is 574 g/mol. The first-order chi connectivity index (χ1) is 19.0. The lowest BCUT2D eigenvalue weighted by atomic mass is 9.97. The second kappa shape index (κ2) is 14.3. The van der Waals surface area contributed by atoms with Crippen LogP contribution < -0.4 is 40.0 Å². The van der Waals surface area contributed by atoms with Gasteiger partial charge in [-0.3, -0.25) is 4.79 Å². The number of carbonyl (C=O) groups is 1. The molecule has 1 aromatic heterocycles. The fourth-order valence-electron chi connectivity index (χ4n) is 4.02. The molecule has 0 spiro atoms. The zero-order valence-corrected chi connectivity index (χ0v) is 24.7. The molecule has 0 aliphatic rings. The fraction of sp³-hybridized carbons (Fsp3) is 0.296. The number of rotatable bonds is 9. The van der Waals surface area contributed by atoms with Gasteiger partial charge >= 0.3 is 0 Å². The minimum absolute atomic E-state index is 0.0638. The number of nitrogens with two attached hydrogens (primary N) is 2. The van der Waals surface area contributed by atoms with Crippen LogP contribution in [0.4, 0.5) is 5.69 Å². The second-order valence-corrected chi connectivity index (χ2v) is 12.0. The maximum absolute atomic E-state index is 12.8. The van der Waals surface area contributed by atoms with Gasteiger partial charge in [0.25, 0.3) is 10.0 Å². The number of nitrogens with zero attached hydrogens (tertiary/aromatic N) is 2. The van der Waals surface area contributed by atoms with Gasteiger partial charge in [-0.25, -0.2) is 18.6 Å². The first-order valence-corrected chi connectivity index (χ1v) is 15.2. The Morgan fingerprint density at radius 3 is 1.80 bits per heavy atom. The van der Waals surface area contributed by atoms with Gasteiger partial charge in [0.1, 0.15) is 0 Å². The highest BCUT2D eigenvalue weighted by Gasteiger charge is 2.24. The summed E-state index contributed by atoms with van der Waals surface area (Å²) < 4.78 is 63.6. The molecule has 0 aliphatic carbocycles. The molecule has 1 amide bonds. The Morgan fingerprint density at radius 1 is 0.878 bits per heavy atom. The number of benzene rings is 2. The minimum atomic E-state index is -4.94. The summed E-state index contributed by atoms with van der Waals surface area (Å²) in [5.41, 5.74) is 15.5. The number of amides is 1. The van der Waals surface area contributed by atoms with E-state index < -0.39 is 26.2 Å². The summed E-state index contributed by atoms with van der Waals surface area (Å²) in [5, 5.41) is 2.83. The molecular formula is C27H34ClN5O7S. The lowest BCUT2D eigenvalue weighted by Crippen LogP contribution is -2.68. The van der Waals surface area contributed by atoms with Crippen LogP contribution >= 0.6 is 0 Å². The number of aromatic nitrogens is 1. The van der Waals surface area contributed by atoms with Crippen molar-refractivity contribution in [2.24, 2.45) is 15.9 Å². The number of anilines is 1. The number of hydrogen-bond donors (Lipinski definition) is 3. The Bertz CT molecular complexity index is 1420.